The van der Waals surface area contributed by atoms with Crippen LogP contribution in [-0.4, -0.2) is 25.7 Å². The molecule has 3 atom stereocenters. The second kappa shape index (κ2) is 3.28. The summed E-state index contributed by atoms with van der Waals surface area (Å²) in [6, 6.07) is 0. The minimum atomic E-state index is -4.73. The fourth-order valence-corrected chi connectivity index (χ4v) is 3.57. The molecule has 0 aliphatic carbocycles. The first-order chi connectivity index (χ1) is 5.77. The molecule has 0 saturated carbocycles. The predicted molar refractivity (Wildman–Crippen MR) is 43.4 cm³/mol. The zero-order chi connectivity index (χ0) is 10.3. The predicted octanol–water partition coefficient (Wildman–Crippen LogP) is 2.93. The van der Waals surface area contributed by atoms with Crippen LogP contribution < -0.4 is 0 Å². The first-order valence-corrected chi connectivity index (χ1v) is 5.73. The van der Waals surface area contributed by atoms with Crippen LogP contribution in [0.4, 0.5) is 17.6 Å². The standard InChI is InChI=1S/C8H10F4Se/c1-5-3-4-6(2)13-7(5,9)8(10,11)12/h3-6H,1-2H3/t5-,6+,7-/m0/s1. The zero-order valence-corrected chi connectivity index (χ0v) is 8.94. The van der Waals surface area contributed by atoms with Crippen LogP contribution in [0.15, 0.2) is 12.2 Å². The third-order valence-electron chi connectivity index (χ3n) is 2.00. The fourth-order valence-electron chi connectivity index (χ4n) is 1.19. The van der Waals surface area contributed by atoms with E-state index < -0.39 is 31.6 Å². The molecule has 1 heterocycles. The van der Waals surface area contributed by atoms with E-state index in [-0.39, 0.29) is 4.82 Å². The Morgan fingerprint density at radius 1 is 1.23 bits per heavy atom. The third-order valence-corrected chi connectivity index (χ3v) is 5.10. The molecule has 0 aromatic rings. The van der Waals surface area contributed by atoms with Crippen LogP contribution in [0.2, 0.25) is 4.82 Å². The molecule has 1 rings (SSSR count). The Morgan fingerprint density at radius 2 is 1.77 bits per heavy atom. The van der Waals surface area contributed by atoms with E-state index >= 15 is 0 Å². The van der Waals surface area contributed by atoms with E-state index in [1.54, 1.807) is 13.0 Å². The van der Waals surface area contributed by atoms with Gasteiger partial charge in [-0.3, -0.25) is 0 Å². The van der Waals surface area contributed by atoms with E-state index in [1.807, 2.05) is 0 Å². The van der Waals surface area contributed by atoms with Gasteiger partial charge in [-0.1, -0.05) is 0 Å². The van der Waals surface area contributed by atoms with Gasteiger partial charge in [0.1, 0.15) is 0 Å². The van der Waals surface area contributed by atoms with Gasteiger partial charge in [0.05, 0.1) is 0 Å². The molecule has 76 valence electrons. The van der Waals surface area contributed by atoms with Gasteiger partial charge in [0.15, 0.2) is 0 Å². The number of hydrogen-bond acceptors (Lipinski definition) is 0. The van der Waals surface area contributed by atoms with Gasteiger partial charge in [0, 0.05) is 0 Å². The van der Waals surface area contributed by atoms with Gasteiger partial charge in [-0.15, -0.1) is 0 Å². The van der Waals surface area contributed by atoms with Crippen molar-refractivity contribution in [3.05, 3.63) is 12.2 Å². The number of hydrogen-bond donors (Lipinski definition) is 0. The molecule has 0 fully saturated rings. The Bertz CT molecular complexity index is 223. The summed E-state index contributed by atoms with van der Waals surface area (Å²) in [5.74, 6) is -1.05. The normalized spacial score (nSPS) is 40.8. The second-order valence-corrected chi connectivity index (χ2v) is 6.44. The summed E-state index contributed by atoms with van der Waals surface area (Å²) in [6.07, 6.45) is -1.75. The molecule has 0 amide bonds. The van der Waals surface area contributed by atoms with Gasteiger partial charge in [0.2, 0.25) is 0 Å². The molecule has 0 unspecified atom stereocenters. The topological polar surface area (TPSA) is 0 Å². The van der Waals surface area contributed by atoms with Gasteiger partial charge in [-0.2, -0.15) is 0 Å². The van der Waals surface area contributed by atoms with Crippen molar-refractivity contribution in [1.29, 1.82) is 0 Å². The van der Waals surface area contributed by atoms with Crippen molar-refractivity contribution in [3.8, 4) is 0 Å². The van der Waals surface area contributed by atoms with Gasteiger partial charge in [-0.05, 0) is 0 Å². The summed E-state index contributed by atoms with van der Waals surface area (Å²) in [7, 11) is 0. The van der Waals surface area contributed by atoms with Crippen LogP contribution in [0, 0.1) is 5.92 Å². The van der Waals surface area contributed by atoms with Gasteiger partial charge in [-0.25, -0.2) is 0 Å². The van der Waals surface area contributed by atoms with Gasteiger partial charge in [0.25, 0.3) is 0 Å². The molecule has 0 N–H and O–H groups in total. The van der Waals surface area contributed by atoms with Crippen molar-refractivity contribution < 1.29 is 17.6 Å². The molecule has 13 heavy (non-hydrogen) atoms. The maximum absolute atomic E-state index is 13.6. The van der Waals surface area contributed by atoms with Crippen molar-refractivity contribution in [2.45, 2.75) is 29.4 Å². The summed E-state index contributed by atoms with van der Waals surface area (Å²) in [5, 5.41) is 0. The van der Waals surface area contributed by atoms with Crippen LogP contribution in [0.3, 0.4) is 0 Å². The quantitative estimate of drug-likeness (QED) is 0.357. The molecule has 0 radical (unpaired) electrons. The van der Waals surface area contributed by atoms with Crippen molar-refractivity contribution in [3.63, 3.8) is 0 Å². The number of allylic oxidation sites excluding steroid dienone is 2. The Labute approximate surface area is 80.5 Å². The van der Waals surface area contributed by atoms with Crippen molar-refractivity contribution in [2.24, 2.45) is 5.92 Å². The van der Waals surface area contributed by atoms with Crippen molar-refractivity contribution in [2.75, 3.05) is 0 Å². The van der Waals surface area contributed by atoms with Crippen molar-refractivity contribution >= 4 is 15.0 Å². The van der Waals surface area contributed by atoms with Crippen LogP contribution in [0.5, 0.6) is 0 Å². The number of alkyl halides is 4. The number of rotatable bonds is 0. The number of halogens is 4. The van der Waals surface area contributed by atoms with E-state index in [1.165, 1.54) is 13.0 Å². The zero-order valence-electron chi connectivity index (χ0n) is 7.23. The van der Waals surface area contributed by atoms with E-state index in [4.69, 9.17) is 0 Å². The molecule has 1 aliphatic heterocycles. The Morgan fingerprint density at radius 3 is 2.15 bits per heavy atom. The first-order valence-electron chi connectivity index (χ1n) is 3.89. The average Bonchev–Trinajstić information content (AvgIpc) is 1.95. The monoisotopic (exact) mass is 262 g/mol. The summed E-state index contributed by atoms with van der Waals surface area (Å²) in [4.78, 5) is -0.282. The van der Waals surface area contributed by atoms with Crippen molar-refractivity contribution in [1.82, 2.24) is 0 Å². The molecular weight excluding hydrogens is 251 g/mol. The molecule has 0 spiro atoms. The molecule has 0 saturated heterocycles. The van der Waals surface area contributed by atoms with E-state index in [2.05, 4.69) is 0 Å². The molecule has 0 aromatic heterocycles. The Balaban J connectivity index is 2.96. The summed E-state index contributed by atoms with van der Waals surface area (Å²) in [5.41, 5.74) is 0. The van der Waals surface area contributed by atoms with E-state index in [9.17, 15) is 17.6 Å². The first kappa shape index (κ1) is 11.1. The summed E-state index contributed by atoms with van der Waals surface area (Å²) < 4.78 is 47.7. The van der Waals surface area contributed by atoms with Crippen LogP contribution in [0.1, 0.15) is 13.8 Å². The second-order valence-electron chi connectivity index (χ2n) is 3.14. The van der Waals surface area contributed by atoms with Crippen LogP contribution in [-0.2, 0) is 0 Å². The third kappa shape index (κ3) is 1.91. The van der Waals surface area contributed by atoms with E-state index in [0.717, 1.165) is 0 Å². The average molecular weight is 261 g/mol. The SMILES string of the molecule is C[C@@H]1C=C[C@H](C)[C@@](F)(C(F)(F)F)[Se]1. The molecule has 0 bridgehead atoms. The Kier molecular flexibility index (Phi) is 2.79. The minimum absolute atomic E-state index is 0.282. The summed E-state index contributed by atoms with van der Waals surface area (Å²) in [6.45, 7) is 2.89. The molecule has 0 nitrogen and oxygen atoms in total. The molecule has 1 aliphatic rings. The Hall–Kier alpha value is -0.0205. The molecule has 0 aromatic carbocycles. The van der Waals surface area contributed by atoms with Gasteiger partial charge >= 0.3 is 80.0 Å². The summed E-state index contributed by atoms with van der Waals surface area (Å²) >= 11 is -1.06. The fraction of sp³-hybridized carbons (Fsp3) is 0.750. The molecule has 5 heteroatoms. The maximum atomic E-state index is 13.6. The molecular formula is C8H10F4Se. The van der Waals surface area contributed by atoms with Gasteiger partial charge < -0.3 is 0 Å². The van der Waals surface area contributed by atoms with E-state index in [0.29, 0.717) is 0 Å². The van der Waals surface area contributed by atoms with Crippen LogP contribution >= 0.6 is 0 Å². The van der Waals surface area contributed by atoms with Crippen LogP contribution in [0.25, 0.3) is 0 Å².